The number of aryl methyl sites for hydroxylation is 2. The maximum atomic E-state index is 13.4. The van der Waals surface area contributed by atoms with Gasteiger partial charge in [0.25, 0.3) is 11.8 Å². The molecular formula is C31H28BrN3O3. The molecule has 1 aliphatic carbocycles. The number of anilines is 1. The van der Waals surface area contributed by atoms with E-state index in [0.717, 1.165) is 50.2 Å². The Morgan fingerprint density at radius 1 is 0.921 bits per heavy atom. The van der Waals surface area contributed by atoms with Crippen LogP contribution in [0.3, 0.4) is 0 Å². The lowest BCUT2D eigenvalue weighted by atomic mass is 9.90. The second-order valence-corrected chi connectivity index (χ2v) is 10.3. The number of nitrogens with one attached hydrogen (secondary N) is 2. The van der Waals surface area contributed by atoms with Crippen LogP contribution in [0.2, 0.25) is 0 Å². The van der Waals surface area contributed by atoms with E-state index in [1.807, 2.05) is 92.7 Å². The molecule has 1 aliphatic rings. The molecule has 6 nitrogen and oxygen atoms in total. The number of furan rings is 1. The van der Waals surface area contributed by atoms with Gasteiger partial charge in [-0.05, 0) is 71.4 Å². The summed E-state index contributed by atoms with van der Waals surface area (Å²) in [6.07, 6.45) is 2.21. The Hall–Kier alpha value is -3.97. The highest BCUT2D eigenvalue weighted by molar-refractivity contribution is 9.10. The fourth-order valence-electron chi connectivity index (χ4n) is 4.87. The van der Waals surface area contributed by atoms with E-state index in [1.165, 1.54) is 0 Å². The van der Waals surface area contributed by atoms with E-state index < -0.39 is 5.92 Å². The van der Waals surface area contributed by atoms with Gasteiger partial charge < -0.3 is 9.73 Å². The highest BCUT2D eigenvalue weighted by Gasteiger charge is 2.29. The van der Waals surface area contributed by atoms with Crippen LogP contribution in [0.4, 0.5) is 5.69 Å². The number of rotatable bonds is 6. The van der Waals surface area contributed by atoms with Crippen molar-refractivity contribution in [2.24, 2.45) is 5.10 Å². The molecule has 0 saturated heterocycles. The summed E-state index contributed by atoms with van der Waals surface area (Å²) in [4.78, 5) is 26.6. The average Bonchev–Trinajstić information content (AvgIpc) is 3.27. The summed E-state index contributed by atoms with van der Waals surface area (Å²) in [6.45, 7) is 3.85. The predicted octanol–water partition coefficient (Wildman–Crippen LogP) is 6.90. The Morgan fingerprint density at radius 2 is 1.58 bits per heavy atom. The first-order valence-corrected chi connectivity index (χ1v) is 13.4. The Kier molecular flexibility index (Phi) is 7.56. The fraction of sp³-hybridized carbons (Fsp3) is 0.194. The Bertz CT molecular complexity index is 1470. The molecule has 2 N–H and O–H groups in total. The molecule has 0 radical (unpaired) electrons. The van der Waals surface area contributed by atoms with Crippen molar-refractivity contribution in [2.75, 3.05) is 5.32 Å². The number of carbonyl (C=O) groups excluding carboxylic acids is 2. The SMILES string of the molecule is Cc1ccc(NC(=O)c2oc3c(c2C)/C(=N/NC(=O)C(c2ccccc2)c2ccccc2)CCC3)c(Br)c1. The Labute approximate surface area is 230 Å². The van der Waals surface area contributed by atoms with Gasteiger partial charge in [-0.25, -0.2) is 5.43 Å². The molecular weight excluding hydrogens is 542 g/mol. The largest absolute Gasteiger partial charge is 0.455 e. The number of fused-ring (bicyclic) bond motifs is 1. The first kappa shape index (κ1) is 25.7. The molecule has 0 fully saturated rings. The van der Waals surface area contributed by atoms with Gasteiger partial charge in [-0.1, -0.05) is 66.7 Å². The maximum Gasteiger partial charge on any atom is 0.291 e. The number of benzene rings is 3. The van der Waals surface area contributed by atoms with E-state index in [9.17, 15) is 9.59 Å². The maximum absolute atomic E-state index is 13.4. The van der Waals surface area contributed by atoms with Gasteiger partial charge >= 0.3 is 0 Å². The van der Waals surface area contributed by atoms with E-state index in [4.69, 9.17) is 4.42 Å². The van der Waals surface area contributed by atoms with Crippen LogP contribution in [0, 0.1) is 13.8 Å². The molecule has 0 unspecified atom stereocenters. The second-order valence-electron chi connectivity index (χ2n) is 9.43. The van der Waals surface area contributed by atoms with Crippen molar-refractivity contribution in [1.82, 2.24) is 5.43 Å². The van der Waals surface area contributed by atoms with Crippen LogP contribution in [0.5, 0.6) is 0 Å². The van der Waals surface area contributed by atoms with Crippen molar-refractivity contribution >= 4 is 39.1 Å². The molecule has 38 heavy (non-hydrogen) atoms. The summed E-state index contributed by atoms with van der Waals surface area (Å²) >= 11 is 3.51. The lowest BCUT2D eigenvalue weighted by Gasteiger charge is -2.18. The number of hydrogen-bond acceptors (Lipinski definition) is 4. The van der Waals surface area contributed by atoms with E-state index >= 15 is 0 Å². The van der Waals surface area contributed by atoms with Gasteiger partial charge in [0.05, 0.1) is 17.3 Å². The summed E-state index contributed by atoms with van der Waals surface area (Å²) in [6, 6.07) is 25.1. The van der Waals surface area contributed by atoms with Crippen molar-refractivity contribution in [3.8, 4) is 0 Å². The fourth-order valence-corrected chi connectivity index (χ4v) is 5.46. The summed E-state index contributed by atoms with van der Waals surface area (Å²) in [5, 5.41) is 7.49. The van der Waals surface area contributed by atoms with Crippen LogP contribution >= 0.6 is 15.9 Å². The minimum absolute atomic E-state index is 0.217. The highest BCUT2D eigenvalue weighted by Crippen LogP contribution is 2.32. The molecule has 192 valence electrons. The number of carbonyl (C=O) groups is 2. The number of nitrogens with zero attached hydrogens (tertiary/aromatic N) is 1. The Balaban J connectivity index is 1.40. The van der Waals surface area contributed by atoms with Crippen LogP contribution in [-0.2, 0) is 11.2 Å². The molecule has 7 heteroatoms. The third-order valence-corrected chi connectivity index (χ3v) is 7.39. The van der Waals surface area contributed by atoms with Crippen LogP contribution in [-0.4, -0.2) is 17.5 Å². The van der Waals surface area contributed by atoms with E-state index in [1.54, 1.807) is 0 Å². The lowest BCUT2D eigenvalue weighted by molar-refractivity contribution is -0.121. The van der Waals surface area contributed by atoms with E-state index in [2.05, 4.69) is 31.8 Å². The molecule has 0 saturated carbocycles. The zero-order valence-corrected chi connectivity index (χ0v) is 22.8. The minimum atomic E-state index is -0.496. The summed E-state index contributed by atoms with van der Waals surface area (Å²) in [7, 11) is 0. The summed E-state index contributed by atoms with van der Waals surface area (Å²) < 4.78 is 6.84. The van der Waals surface area contributed by atoms with Crippen LogP contribution in [0.1, 0.15) is 62.9 Å². The third kappa shape index (κ3) is 5.34. The standard InChI is InChI=1S/C31H28BrN3O3/c1-19-16-17-24(23(32)18-19)33-31(37)29-20(2)27-25(14-9-15-26(27)38-29)34-35-30(36)28(21-10-5-3-6-11-21)22-12-7-4-8-13-22/h3-8,10-13,16-18,28H,9,14-15H2,1-2H3,(H,33,37)(H,35,36)/b34-25+. The topological polar surface area (TPSA) is 83.7 Å². The molecule has 2 amide bonds. The van der Waals surface area contributed by atoms with E-state index in [-0.39, 0.29) is 17.6 Å². The average molecular weight is 570 g/mol. The van der Waals surface area contributed by atoms with Gasteiger partial charge in [0.2, 0.25) is 0 Å². The molecule has 3 aromatic carbocycles. The second kappa shape index (κ2) is 11.2. The normalized spacial score (nSPS) is 13.8. The van der Waals surface area contributed by atoms with Crippen molar-refractivity contribution in [2.45, 2.75) is 39.0 Å². The Morgan fingerprint density at radius 3 is 2.21 bits per heavy atom. The molecule has 0 bridgehead atoms. The molecule has 0 aliphatic heterocycles. The lowest BCUT2D eigenvalue weighted by Crippen LogP contribution is -2.28. The minimum Gasteiger partial charge on any atom is -0.455 e. The third-order valence-electron chi connectivity index (χ3n) is 6.73. The zero-order chi connectivity index (χ0) is 26.6. The van der Waals surface area contributed by atoms with Crippen molar-refractivity contribution in [3.63, 3.8) is 0 Å². The molecule has 1 aromatic heterocycles. The number of amides is 2. The van der Waals surface area contributed by atoms with Crippen LogP contribution in [0.25, 0.3) is 0 Å². The van der Waals surface area contributed by atoms with Gasteiger partial charge in [0.15, 0.2) is 5.76 Å². The molecule has 4 aromatic rings. The first-order chi connectivity index (χ1) is 18.4. The van der Waals surface area contributed by atoms with E-state index in [0.29, 0.717) is 18.5 Å². The number of hydrogen-bond donors (Lipinski definition) is 2. The van der Waals surface area contributed by atoms with Gasteiger partial charge in [0, 0.05) is 22.0 Å². The van der Waals surface area contributed by atoms with Gasteiger partial charge in [-0.2, -0.15) is 5.10 Å². The summed E-state index contributed by atoms with van der Waals surface area (Å²) in [5.74, 6) is -0.0552. The van der Waals surface area contributed by atoms with Crippen LogP contribution in [0.15, 0.2) is 92.9 Å². The smallest absolute Gasteiger partial charge is 0.291 e. The monoisotopic (exact) mass is 569 g/mol. The quantitative estimate of drug-likeness (QED) is 0.248. The zero-order valence-electron chi connectivity index (χ0n) is 21.3. The van der Waals surface area contributed by atoms with Crippen molar-refractivity contribution < 1.29 is 14.0 Å². The highest BCUT2D eigenvalue weighted by atomic mass is 79.9. The number of halogens is 1. The number of hydrazone groups is 1. The van der Waals surface area contributed by atoms with Crippen molar-refractivity contribution in [1.29, 1.82) is 0 Å². The molecule has 1 heterocycles. The van der Waals surface area contributed by atoms with Crippen LogP contribution < -0.4 is 10.7 Å². The molecule has 0 atom stereocenters. The van der Waals surface area contributed by atoms with Crippen molar-refractivity contribution in [3.05, 3.63) is 123 Å². The molecule has 0 spiro atoms. The van der Waals surface area contributed by atoms with Gasteiger partial charge in [-0.3, -0.25) is 9.59 Å². The predicted molar refractivity (Wildman–Crippen MR) is 153 cm³/mol. The van der Waals surface area contributed by atoms with Gasteiger partial charge in [0.1, 0.15) is 5.76 Å². The first-order valence-electron chi connectivity index (χ1n) is 12.6. The molecule has 5 rings (SSSR count). The summed E-state index contributed by atoms with van der Waals surface area (Å²) in [5.41, 5.74) is 8.59. The van der Waals surface area contributed by atoms with Gasteiger partial charge in [-0.15, -0.1) is 0 Å².